The van der Waals surface area contributed by atoms with Crippen LogP contribution in [0.5, 0.6) is 0 Å². The van der Waals surface area contributed by atoms with Gasteiger partial charge in [-0.05, 0) is 73.7 Å². The molecule has 0 unspecified atom stereocenters. The van der Waals surface area contributed by atoms with E-state index in [0.29, 0.717) is 12.1 Å². The number of aromatic nitrogens is 1. The molecule has 3 rings (SSSR count). The van der Waals surface area contributed by atoms with E-state index in [1.54, 1.807) is 0 Å². The molecule has 0 radical (unpaired) electrons. The first kappa shape index (κ1) is 15.7. The molecule has 1 aliphatic heterocycles. The van der Waals surface area contributed by atoms with E-state index in [2.05, 4.69) is 22.5 Å². The zero-order chi connectivity index (χ0) is 16.4. The van der Waals surface area contributed by atoms with E-state index in [4.69, 9.17) is 0 Å². The summed E-state index contributed by atoms with van der Waals surface area (Å²) in [5, 5.41) is 6.42. The van der Waals surface area contributed by atoms with Crippen LogP contribution >= 0.6 is 0 Å². The van der Waals surface area contributed by atoms with Gasteiger partial charge >= 0.3 is 0 Å². The highest BCUT2D eigenvalue weighted by atomic mass is 16.1. The monoisotopic (exact) mass is 309 g/mol. The van der Waals surface area contributed by atoms with E-state index in [-0.39, 0.29) is 5.91 Å². The molecule has 4 nitrogen and oxygen atoms in total. The van der Waals surface area contributed by atoms with E-state index >= 15 is 0 Å². The third kappa shape index (κ3) is 3.27. The van der Waals surface area contributed by atoms with Crippen molar-refractivity contribution in [2.75, 3.05) is 6.54 Å². The first-order chi connectivity index (χ1) is 11.1. The van der Waals surface area contributed by atoms with Crippen molar-refractivity contribution in [3.8, 4) is 0 Å². The predicted molar refractivity (Wildman–Crippen MR) is 91.5 cm³/mol. The first-order valence-electron chi connectivity index (χ1n) is 8.08. The number of carbonyl (C=O) groups is 1. The van der Waals surface area contributed by atoms with Crippen LogP contribution in [0.2, 0.25) is 0 Å². The van der Waals surface area contributed by atoms with E-state index in [1.807, 2.05) is 38.2 Å². The lowest BCUT2D eigenvalue weighted by Gasteiger charge is -2.21. The number of pyridine rings is 1. The third-order valence-corrected chi connectivity index (χ3v) is 4.66. The fourth-order valence-electron chi connectivity index (χ4n) is 3.03. The number of benzene rings is 1. The summed E-state index contributed by atoms with van der Waals surface area (Å²) in [6.45, 7) is 8.47. The average molecular weight is 309 g/mol. The molecule has 0 spiro atoms. The smallest absolute Gasteiger partial charge is 0.251 e. The first-order valence-corrected chi connectivity index (χ1v) is 8.08. The van der Waals surface area contributed by atoms with Gasteiger partial charge in [0.05, 0.1) is 0 Å². The van der Waals surface area contributed by atoms with Crippen LogP contribution in [0.4, 0.5) is 0 Å². The van der Waals surface area contributed by atoms with Gasteiger partial charge in [0.2, 0.25) is 0 Å². The maximum absolute atomic E-state index is 12.4. The number of amides is 1. The lowest BCUT2D eigenvalue weighted by molar-refractivity contribution is 0.0950. The molecule has 0 aliphatic carbocycles. The molecular formula is C19H23N3O. The van der Waals surface area contributed by atoms with Gasteiger partial charge in [-0.1, -0.05) is 6.07 Å². The highest BCUT2D eigenvalue weighted by molar-refractivity contribution is 5.94. The van der Waals surface area contributed by atoms with E-state index in [9.17, 15) is 4.79 Å². The second kappa shape index (κ2) is 6.50. The van der Waals surface area contributed by atoms with E-state index < -0.39 is 0 Å². The van der Waals surface area contributed by atoms with Gasteiger partial charge in [0, 0.05) is 30.5 Å². The van der Waals surface area contributed by atoms with Crippen molar-refractivity contribution >= 4 is 5.91 Å². The molecule has 1 aliphatic rings. The molecule has 2 N–H and O–H groups in total. The topological polar surface area (TPSA) is 54.0 Å². The summed E-state index contributed by atoms with van der Waals surface area (Å²) in [4.78, 5) is 16.9. The van der Waals surface area contributed by atoms with Crippen LogP contribution in [-0.4, -0.2) is 17.4 Å². The fourth-order valence-corrected chi connectivity index (χ4v) is 3.03. The molecule has 1 aromatic heterocycles. The Hall–Kier alpha value is -2.20. The standard InChI is InChI=1S/C19H23N3O/c1-12-4-5-15(8-13(12)2)19(23)22-11-18-14(3)21-10-16-9-20-7-6-17(16)18/h4-5,8,10,20H,6-7,9,11H2,1-3H3,(H,22,23). The molecule has 0 atom stereocenters. The summed E-state index contributed by atoms with van der Waals surface area (Å²) >= 11 is 0. The SMILES string of the molecule is Cc1ccc(C(=O)NCc2c(C)ncc3c2CCNC3)cc1C. The van der Waals surface area contributed by atoms with E-state index in [0.717, 1.165) is 30.8 Å². The fraction of sp³-hybridized carbons (Fsp3) is 0.368. The van der Waals surface area contributed by atoms with Gasteiger partial charge in [-0.3, -0.25) is 9.78 Å². The number of fused-ring (bicyclic) bond motifs is 1. The highest BCUT2D eigenvalue weighted by Gasteiger charge is 2.16. The summed E-state index contributed by atoms with van der Waals surface area (Å²) in [6.07, 6.45) is 2.94. The van der Waals surface area contributed by atoms with Crippen LogP contribution in [0.25, 0.3) is 0 Å². The van der Waals surface area contributed by atoms with Gasteiger partial charge in [0.1, 0.15) is 0 Å². The quantitative estimate of drug-likeness (QED) is 0.916. The van der Waals surface area contributed by atoms with Crippen LogP contribution < -0.4 is 10.6 Å². The van der Waals surface area contributed by atoms with Gasteiger partial charge in [-0.25, -0.2) is 0 Å². The Bertz CT molecular complexity index is 753. The summed E-state index contributed by atoms with van der Waals surface area (Å²) < 4.78 is 0. The van der Waals surface area contributed by atoms with Crippen molar-refractivity contribution in [1.29, 1.82) is 0 Å². The van der Waals surface area contributed by atoms with Crippen molar-refractivity contribution in [2.45, 2.75) is 40.3 Å². The van der Waals surface area contributed by atoms with Gasteiger partial charge in [0.25, 0.3) is 5.91 Å². The molecule has 4 heteroatoms. The Kier molecular flexibility index (Phi) is 4.44. The number of hydrogen-bond donors (Lipinski definition) is 2. The maximum atomic E-state index is 12.4. The number of carbonyl (C=O) groups excluding carboxylic acids is 1. The molecule has 0 saturated carbocycles. The normalized spacial score (nSPS) is 13.5. The van der Waals surface area contributed by atoms with Crippen molar-refractivity contribution in [3.05, 3.63) is 63.5 Å². The molecule has 120 valence electrons. The van der Waals surface area contributed by atoms with Crippen molar-refractivity contribution in [1.82, 2.24) is 15.6 Å². The van der Waals surface area contributed by atoms with Gasteiger partial charge in [0.15, 0.2) is 0 Å². The lowest BCUT2D eigenvalue weighted by Crippen LogP contribution is -2.28. The van der Waals surface area contributed by atoms with Crippen LogP contribution in [0.15, 0.2) is 24.4 Å². The number of rotatable bonds is 3. The van der Waals surface area contributed by atoms with Gasteiger partial charge < -0.3 is 10.6 Å². The third-order valence-electron chi connectivity index (χ3n) is 4.66. The molecule has 2 aromatic rings. The summed E-state index contributed by atoms with van der Waals surface area (Å²) in [7, 11) is 0. The largest absolute Gasteiger partial charge is 0.348 e. The molecule has 0 fully saturated rings. The zero-order valence-electron chi connectivity index (χ0n) is 14.0. The lowest BCUT2D eigenvalue weighted by atomic mass is 9.96. The molecule has 0 saturated heterocycles. The molecule has 1 aromatic carbocycles. The molecule has 0 bridgehead atoms. The Morgan fingerprint density at radius 2 is 2.09 bits per heavy atom. The second-order valence-corrected chi connectivity index (χ2v) is 6.23. The number of nitrogens with one attached hydrogen (secondary N) is 2. The van der Waals surface area contributed by atoms with Gasteiger partial charge in [-0.2, -0.15) is 0 Å². The van der Waals surface area contributed by atoms with Crippen molar-refractivity contribution in [2.24, 2.45) is 0 Å². The van der Waals surface area contributed by atoms with Crippen molar-refractivity contribution in [3.63, 3.8) is 0 Å². The zero-order valence-corrected chi connectivity index (χ0v) is 14.0. The van der Waals surface area contributed by atoms with Crippen molar-refractivity contribution < 1.29 is 4.79 Å². The molecule has 2 heterocycles. The Labute approximate surface area is 137 Å². The van der Waals surface area contributed by atoms with Crippen LogP contribution in [0, 0.1) is 20.8 Å². The minimum absolute atomic E-state index is 0.0287. The Morgan fingerprint density at radius 1 is 1.26 bits per heavy atom. The Morgan fingerprint density at radius 3 is 2.87 bits per heavy atom. The van der Waals surface area contributed by atoms with Crippen LogP contribution in [0.1, 0.15) is 43.9 Å². The maximum Gasteiger partial charge on any atom is 0.251 e. The minimum atomic E-state index is -0.0287. The summed E-state index contributed by atoms with van der Waals surface area (Å²) in [5.41, 5.74) is 7.82. The predicted octanol–water partition coefficient (Wildman–Crippen LogP) is 2.58. The minimum Gasteiger partial charge on any atom is -0.348 e. The number of hydrogen-bond acceptors (Lipinski definition) is 3. The number of nitrogens with zero attached hydrogens (tertiary/aromatic N) is 1. The molecule has 23 heavy (non-hydrogen) atoms. The number of aryl methyl sites for hydroxylation is 3. The van der Waals surface area contributed by atoms with Gasteiger partial charge in [-0.15, -0.1) is 0 Å². The van der Waals surface area contributed by atoms with Crippen LogP contribution in [0.3, 0.4) is 0 Å². The molecular weight excluding hydrogens is 286 g/mol. The highest BCUT2D eigenvalue weighted by Crippen LogP contribution is 2.20. The van der Waals surface area contributed by atoms with Crippen LogP contribution in [-0.2, 0) is 19.5 Å². The second-order valence-electron chi connectivity index (χ2n) is 6.23. The summed E-state index contributed by atoms with van der Waals surface area (Å²) in [6, 6.07) is 5.82. The summed E-state index contributed by atoms with van der Waals surface area (Å²) in [5.74, 6) is -0.0287. The average Bonchev–Trinajstić information content (AvgIpc) is 2.56. The van der Waals surface area contributed by atoms with E-state index in [1.165, 1.54) is 22.3 Å². The molecule has 1 amide bonds. The Balaban J connectivity index is 1.78.